The van der Waals surface area contributed by atoms with Gasteiger partial charge in [0.2, 0.25) is 0 Å². The lowest BCUT2D eigenvalue weighted by Crippen LogP contribution is -2.42. The third kappa shape index (κ3) is 3.67. The Morgan fingerprint density at radius 2 is 2.26 bits per heavy atom. The van der Waals surface area contributed by atoms with E-state index in [1.807, 2.05) is 0 Å². The van der Waals surface area contributed by atoms with Crippen molar-refractivity contribution in [3.05, 3.63) is 30.1 Å². The Labute approximate surface area is 112 Å². The van der Waals surface area contributed by atoms with Gasteiger partial charge in [-0.15, -0.1) is 0 Å². The molecule has 1 atom stereocenters. The molecular weight excluding hydrogens is 247 g/mol. The first-order chi connectivity index (χ1) is 9.20. The lowest BCUT2D eigenvalue weighted by Gasteiger charge is -2.32. The number of nitrogens with zero attached hydrogens (tertiary/aromatic N) is 1. The monoisotopic (exact) mass is 266 g/mol. The number of rotatable bonds is 3. The maximum Gasteiger partial charge on any atom is 0.321 e. The number of hydrogen-bond donors (Lipinski definition) is 2. The third-order valence-electron chi connectivity index (χ3n) is 3.46. The SMILES string of the molecule is O=C(Nc1ccccc1F)N1CCCC(CCO)C1. The molecule has 1 aliphatic heterocycles. The number of urea groups is 1. The number of nitrogens with one attached hydrogen (secondary N) is 1. The van der Waals surface area contributed by atoms with Gasteiger partial charge in [-0.3, -0.25) is 0 Å². The molecule has 1 heterocycles. The van der Waals surface area contributed by atoms with Crippen LogP contribution in [-0.4, -0.2) is 35.7 Å². The van der Waals surface area contributed by atoms with Gasteiger partial charge in [0.05, 0.1) is 5.69 Å². The van der Waals surface area contributed by atoms with Crippen LogP contribution in [0.4, 0.5) is 14.9 Å². The molecule has 1 aromatic rings. The quantitative estimate of drug-likeness (QED) is 0.883. The van der Waals surface area contributed by atoms with Gasteiger partial charge in [0.1, 0.15) is 5.82 Å². The fourth-order valence-electron chi connectivity index (χ4n) is 2.42. The summed E-state index contributed by atoms with van der Waals surface area (Å²) < 4.78 is 13.4. The highest BCUT2D eigenvalue weighted by Crippen LogP contribution is 2.20. The second kappa shape index (κ2) is 6.52. The molecule has 1 fully saturated rings. The van der Waals surface area contributed by atoms with E-state index >= 15 is 0 Å². The molecule has 0 saturated carbocycles. The smallest absolute Gasteiger partial charge is 0.321 e. The van der Waals surface area contributed by atoms with Crippen LogP contribution in [0.2, 0.25) is 0 Å². The van der Waals surface area contributed by atoms with Gasteiger partial charge in [0.15, 0.2) is 0 Å². The van der Waals surface area contributed by atoms with Crippen LogP contribution in [0.3, 0.4) is 0 Å². The zero-order valence-corrected chi connectivity index (χ0v) is 10.8. The number of anilines is 1. The van der Waals surface area contributed by atoms with Gasteiger partial charge >= 0.3 is 6.03 Å². The lowest BCUT2D eigenvalue weighted by molar-refractivity contribution is 0.159. The summed E-state index contributed by atoms with van der Waals surface area (Å²) in [6.07, 6.45) is 2.67. The van der Waals surface area contributed by atoms with E-state index in [2.05, 4.69) is 5.32 Å². The number of hydrogen-bond acceptors (Lipinski definition) is 2. The highest BCUT2D eigenvalue weighted by Gasteiger charge is 2.23. The minimum Gasteiger partial charge on any atom is -0.396 e. The molecule has 0 bridgehead atoms. The van der Waals surface area contributed by atoms with Crippen LogP contribution >= 0.6 is 0 Å². The minimum atomic E-state index is -0.431. The number of amides is 2. The Morgan fingerprint density at radius 3 is 3.00 bits per heavy atom. The maximum absolute atomic E-state index is 13.4. The second-order valence-corrected chi connectivity index (χ2v) is 4.88. The van der Waals surface area contributed by atoms with Crippen molar-refractivity contribution in [3.63, 3.8) is 0 Å². The summed E-state index contributed by atoms with van der Waals surface area (Å²) in [6, 6.07) is 5.86. The molecule has 19 heavy (non-hydrogen) atoms. The summed E-state index contributed by atoms with van der Waals surface area (Å²) in [5.74, 6) is -0.0927. The van der Waals surface area contributed by atoms with E-state index in [9.17, 15) is 9.18 Å². The van der Waals surface area contributed by atoms with E-state index in [-0.39, 0.29) is 18.3 Å². The molecule has 0 radical (unpaired) electrons. The second-order valence-electron chi connectivity index (χ2n) is 4.88. The van der Waals surface area contributed by atoms with Gasteiger partial charge in [-0.25, -0.2) is 9.18 Å². The van der Waals surface area contributed by atoms with Crippen molar-refractivity contribution in [2.45, 2.75) is 19.3 Å². The molecule has 5 heteroatoms. The van der Waals surface area contributed by atoms with Crippen molar-refractivity contribution >= 4 is 11.7 Å². The van der Waals surface area contributed by atoms with Crippen molar-refractivity contribution < 1.29 is 14.3 Å². The average Bonchev–Trinajstić information content (AvgIpc) is 2.42. The van der Waals surface area contributed by atoms with Gasteiger partial charge in [-0.2, -0.15) is 0 Å². The molecule has 104 valence electrons. The first kappa shape index (κ1) is 13.8. The van der Waals surface area contributed by atoms with Crippen molar-refractivity contribution in [2.24, 2.45) is 5.92 Å². The van der Waals surface area contributed by atoms with E-state index < -0.39 is 5.82 Å². The molecule has 2 rings (SSSR count). The van der Waals surface area contributed by atoms with Crippen molar-refractivity contribution in [2.75, 3.05) is 25.0 Å². The predicted octanol–water partition coefficient (Wildman–Crippen LogP) is 2.45. The number of carbonyl (C=O) groups is 1. The molecule has 0 spiro atoms. The highest BCUT2D eigenvalue weighted by molar-refractivity contribution is 5.89. The normalized spacial score (nSPS) is 19.3. The summed E-state index contributed by atoms with van der Waals surface area (Å²) >= 11 is 0. The molecule has 1 saturated heterocycles. The number of aliphatic hydroxyl groups is 1. The molecule has 2 amide bonds. The zero-order valence-electron chi connectivity index (χ0n) is 10.8. The van der Waals surface area contributed by atoms with Gasteiger partial charge in [0, 0.05) is 19.7 Å². The van der Waals surface area contributed by atoms with E-state index in [4.69, 9.17) is 5.11 Å². The number of para-hydroxylation sites is 1. The van der Waals surface area contributed by atoms with Gasteiger partial charge in [0.25, 0.3) is 0 Å². The summed E-state index contributed by atoms with van der Waals surface area (Å²) in [6.45, 7) is 1.45. The first-order valence-electron chi connectivity index (χ1n) is 6.62. The highest BCUT2D eigenvalue weighted by atomic mass is 19.1. The Kier molecular flexibility index (Phi) is 4.74. The topological polar surface area (TPSA) is 52.6 Å². The number of piperidine rings is 1. The predicted molar refractivity (Wildman–Crippen MR) is 71.4 cm³/mol. The number of benzene rings is 1. The third-order valence-corrected chi connectivity index (χ3v) is 3.46. The molecule has 2 N–H and O–H groups in total. The largest absolute Gasteiger partial charge is 0.396 e. The lowest BCUT2D eigenvalue weighted by atomic mass is 9.95. The molecule has 1 unspecified atom stereocenters. The molecule has 0 aromatic heterocycles. The number of carbonyl (C=O) groups excluding carboxylic acids is 1. The fraction of sp³-hybridized carbons (Fsp3) is 0.500. The van der Waals surface area contributed by atoms with Crippen molar-refractivity contribution in [3.8, 4) is 0 Å². The standard InChI is InChI=1S/C14H19FN2O2/c15-12-5-1-2-6-13(12)16-14(19)17-8-3-4-11(10-17)7-9-18/h1-2,5-6,11,18H,3-4,7-10H2,(H,16,19). The van der Waals surface area contributed by atoms with Crippen LogP contribution in [0.1, 0.15) is 19.3 Å². The number of aliphatic hydroxyl groups excluding tert-OH is 1. The van der Waals surface area contributed by atoms with E-state index in [1.165, 1.54) is 6.07 Å². The van der Waals surface area contributed by atoms with Gasteiger partial charge in [-0.05, 0) is 37.3 Å². The Morgan fingerprint density at radius 1 is 1.47 bits per heavy atom. The molecule has 1 aromatic carbocycles. The van der Waals surface area contributed by atoms with Crippen LogP contribution < -0.4 is 5.32 Å². The number of likely N-dealkylation sites (tertiary alicyclic amines) is 1. The first-order valence-corrected chi connectivity index (χ1v) is 6.62. The van der Waals surface area contributed by atoms with Crippen molar-refractivity contribution in [1.82, 2.24) is 4.90 Å². The van der Waals surface area contributed by atoms with Crippen LogP contribution in [-0.2, 0) is 0 Å². The molecule has 0 aliphatic carbocycles. The average molecular weight is 266 g/mol. The van der Waals surface area contributed by atoms with Crippen molar-refractivity contribution in [1.29, 1.82) is 0 Å². The van der Waals surface area contributed by atoms with Crippen LogP contribution in [0.15, 0.2) is 24.3 Å². The Bertz CT molecular complexity index is 437. The Balaban J connectivity index is 1.94. The van der Waals surface area contributed by atoms with Crippen LogP contribution in [0.5, 0.6) is 0 Å². The summed E-state index contributed by atoms with van der Waals surface area (Å²) in [5, 5.41) is 11.5. The van der Waals surface area contributed by atoms with E-state index in [1.54, 1.807) is 23.1 Å². The van der Waals surface area contributed by atoms with E-state index in [0.29, 0.717) is 25.4 Å². The van der Waals surface area contributed by atoms with Crippen LogP contribution in [0, 0.1) is 11.7 Å². The molecule has 1 aliphatic rings. The summed E-state index contributed by atoms with van der Waals surface area (Å²) in [5.41, 5.74) is 0.205. The Hall–Kier alpha value is -1.62. The summed E-state index contributed by atoms with van der Waals surface area (Å²) in [7, 11) is 0. The maximum atomic E-state index is 13.4. The van der Waals surface area contributed by atoms with Gasteiger partial charge < -0.3 is 15.3 Å². The molecule has 4 nitrogen and oxygen atoms in total. The van der Waals surface area contributed by atoms with Crippen LogP contribution in [0.25, 0.3) is 0 Å². The molecular formula is C14H19FN2O2. The summed E-state index contributed by atoms with van der Waals surface area (Å²) in [4.78, 5) is 13.7. The minimum absolute atomic E-state index is 0.146. The number of halogens is 1. The van der Waals surface area contributed by atoms with Gasteiger partial charge in [-0.1, -0.05) is 12.1 Å². The fourth-order valence-corrected chi connectivity index (χ4v) is 2.42. The van der Waals surface area contributed by atoms with E-state index in [0.717, 1.165) is 12.8 Å². The zero-order chi connectivity index (χ0) is 13.7.